The summed E-state index contributed by atoms with van der Waals surface area (Å²) >= 11 is 2.88. The summed E-state index contributed by atoms with van der Waals surface area (Å²) < 4.78 is 15.8. The van der Waals surface area contributed by atoms with Gasteiger partial charge in [0.2, 0.25) is 0 Å². The summed E-state index contributed by atoms with van der Waals surface area (Å²) in [7, 11) is 3.25. The third-order valence-corrected chi connectivity index (χ3v) is 6.10. The molecule has 152 valence electrons. The predicted octanol–water partition coefficient (Wildman–Crippen LogP) is 5.31. The number of hydrogen-bond acceptors (Lipinski definition) is 8. The number of ether oxygens (including phenoxy) is 3. The maximum Gasteiger partial charge on any atom is 0.358 e. The molecule has 8 heteroatoms. The van der Waals surface area contributed by atoms with Crippen LogP contribution in [0.4, 0.5) is 0 Å². The molecule has 0 fully saturated rings. The van der Waals surface area contributed by atoms with Gasteiger partial charge in [-0.05, 0) is 36.4 Å². The first kappa shape index (κ1) is 20.1. The Morgan fingerprint density at radius 1 is 0.867 bits per heavy atom. The average Bonchev–Trinajstić information content (AvgIpc) is 3.48. The number of methoxy groups -OCH3 is 2. The highest BCUT2D eigenvalue weighted by molar-refractivity contribution is 7.13. The molecule has 0 aliphatic heterocycles. The molecule has 6 nitrogen and oxygen atoms in total. The van der Waals surface area contributed by atoms with Crippen molar-refractivity contribution >= 4 is 28.6 Å². The molecule has 4 rings (SSSR count). The van der Waals surface area contributed by atoms with Crippen LogP contribution in [0.25, 0.3) is 21.1 Å². The summed E-state index contributed by atoms with van der Waals surface area (Å²) in [5.41, 5.74) is 2.86. The maximum atomic E-state index is 12.4. The van der Waals surface area contributed by atoms with E-state index in [-0.39, 0.29) is 12.3 Å². The van der Waals surface area contributed by atoms with Crippen LogP contribution in [0.1, 0.15) is 16.2 Å². The van der Waals surface area contributed by atoms with E-state index in [0.717, 1.165) is 32.6 Å². The first-order valence-electron chi connectivity index (χ1n) is 9.02. The highest BCUT2D eigenvalue weighted by Crippen LogP contribution is 2.28. The van der Waals surface area contributed by atoms with E-state index in [1.807, 2.05) is 53.9 Å². The fraction of sp³-hybridized carbons (Fsp3) is 0.136. The van der Waals surface area contributed by atoms with Gasteiger partial charge in [-0.25, -0.2) is 14.8 Å². The smallest absolute Gasteiger partial charge is 0.358 e. The minimum absolute atomic E-state index is 0.0920. The molecule has 0 saturated carbocycles. The Bertz CT molecular complexity index is 1150. The van der Waals surface area contributed by atoms with Crippen molar-refractivity contribution in [2.75, 3.05) is 14.2 Å². The first-order valence-corrected chi connectivity index (χ1v) is 10.8. The molecule has 0 bridgehead atoms. The van der Waals surface area contributed by atoms with E-state index in [2.05, 4.69) is 9.97 Å². The second kappa shape index (κ2) is 9.06. The second-order valence-electron chi connectivity index (χ2n) is 6.22. The van der Waals surface area contributed by atoms with Crippen LogP contribution in [0.15, 0.2) is 59.3 Å². The standard InChI is InChI=1S/C22H18N2O4S2/c1-26-17-8-6-14(7-9-17)20-24-19(13-30-20)22(25)28-11-16-12-29-21(23-16)15-4-3-5-18(10-15)27-2/h3-10,12-13H,11H2,1-2H3. The van der Waals surface area contributed by atoms with Gasteiger partial charge in [-0.3, -0.25) is 0 Å². The van der Waals surface area contributed by atoms with Gasteiger partial charge in [0.1, 0.15) is 28.1 Å². The zero-order valence-electron chi connectivity index (χ0n) is 16.3. The van der Waals surface area contributed by atoms with Crippen molar-refractivity contribution < 1.29 is 19.0 Å². The predicted molar refractivity (Wildman–Crippen MR) is 117 cm³/mol. The number of esters is 1. The number of nitrogens with zero attached hydrogens (tertiary/aromatic N) is 2. The van der Waals surface area contributed by atoms with Gasteiger partial charge in [0.15, 0.2) is 5.69 Å². The van der Waals surface area contributed by atoms with Crippen molar-refractivity contribution in [1.82, 2.24) is 9.97 Å². The van der Waals surface area contributed by atoms with Crippen molar-refractivity contribution in [2.24, 2.45) is 0 Å². The Labute approximate surface area is 181 Å². The molecule has 2 heterocycles. The Kier molecular flexibility index (Phi) is 6.06. The first-order chi connectivity index (χ1) is 14.7. The van der Waals surface area contributed by atoms with Crippen LogP contribution in [0.2, 0.25) is 0 Å². The molecule has 0 amide bonds. The minimum atomic E-state index is -0.470. The number of aromatic nitrogens is 2. The van der Waals surface area contributed by atoms with Crippen molar-refractivity contribution in [3.8, 4) is 32.6 Å². The van der Waals surface area contributed by atoms with Gasteiger partial charge in [0, 0.05) is 21.9 Å². The molecular formula is C22H18N2O4S2. The monoisotopic (exact) mass is 438 g/mol. The van der Waals surface area contributed by atoms with Crippen LogP contribution < -0.4 is 9.47 Å². The Morgan fingerprint density at radius 2 is 1.60 bits per heavy atom. The maximum absolute atomic E-state index is 12.4. The molecule has 0 aliphatic carbocycles. The molecule has 0 aliphatic rings. The van der Waals surface area contributed by atoms with Crippen molar-refractivity contribution in [2.45, 2.75) is 6.61 Å². The quantitative estimate of drug-likeness (QED) is 0.364. The zero-order valence-corrected chi connectivity index (χ0v) is 18.0. The number of thiazole rings is 2. The van der Waals surface area contributed by atoms with E-state index in [1.165, 1.54) is 22.7 Å². The lowest BCUT2D eigenvalue weighted by molar-refractivity contribution is 0.0462. The lowest BCUT2D eigenvalue weighted by atomic mass is 10.2. The van der Waals surface area contributed by atoms with Gasteiger partial charge < -0.3 is 14.2 Å². The van der Waals surface area contributed by atoms with E-state index < -0.39 is 5.97 Å². The van der Waals surface area contributed by atoms with Gasteiger partial charge in [0.05, 0.1) is 19.9 Å². The van der Waals surface area contributed by atoms with Gasteiger partial charge >= 0.3 is 5.97 Å². The van der Waals surface area contributed by atoms with Crippen LogP contribution in [0, 0.1) is 0 Å². The molecule has 0 saturated heterocycles. The van der Waals surface area contributed by atoms with Gasteiger partial charge in [-0.15, -0.1) is 22.7 Å². The molecule has 30 heavy (non-hydrogen) atoms. The zero-order chi connectivity index (χ0) is 20.9. The fourth-order valence-electron chi connectivity index (χ4n) is 2.71. The molecule has 0 atom stereocenters. The van der Waals surface area contributed by atoms with E-state index in [0.29, 0.717) is 5.69 Å². The summed E-state index contributed by atoms with van der Waals surface area (Å²) in [6, 6.07) is 15.2. The summed E-state index contributed by atoms with van der Waals surface area (Å²) in [6.45, 7) is 0.0920. The Balaban J connectivity index is 1.39. The Morgan fingerprint density at radius 3 is 2.37 bits per heavy atom. The van der Waals surface area contributed by atoms with Crippen LogP contribution in [0.5, 0.6) is 11.5 Å². The summed E-state index contributed by atoms with van der Waals surface area (Å²) in [6.07, 6.45) is 0. The van der Waals surface area contributed by atoms with Crippen LogP contribution in [-0.4, -0.2) is 30.2 Å². The van der Waals surface area contributed by atoms with Crippen molar-refractivity contribution in [1.29, 1.82) is 0 Å². The van der Waals surface area contributed by atoms with Crippen molar-refractivity contribution in [3.05, 3.63) is 70.7 Å². The summed E-state index contributed by atoms with van der Waals surface area (Å²) in [5, 5.41) is 5.17. The molecule has 2 aromatic heterocycles. The van der Waals surface area contributed by atoms with Gasteiger partial charge in [0.25, 0.3) is 0 Å². The van der Waals surface area contributed by atoms with Gasteiger partial charge in [-0.2, -0.15) is 0 Å². The van der Waals surface area contributed by atoms with Crippen LogP contribution in [0.3, 0.4) is 0 Å². The van der Waals surface area contributed by atoms with E-state index in [4.69, 9.17) is 14.2 Å². The molecular weight excluding hydrogens is 420 g/mol. The normalized spacial score (nSPS) is 10.6. The fourth-order valence-corrected chi connectivity index (χ4v) is 4.31. The highest BCUT2D eigenvalue weighted by atomic mass is 32.1. The van der Waals surface area contributed by atoms with E-state index >= 15 is 0 Å². The lowest BCUT2D eigenvalue weighted by Gasteiger charge is -2.02. The average molecular weight is 439 g/mol. The minimum Gasteiger partial charge on any atom is -0.497 e. The lowest BCUT2D eigenvalue weighted by Crippen LogP contribution is -2.05. The second-order valence-corrected chi connectivity index (χ2v) is 7.93. The Hall–Kier alpha value is -3.23. The third kappa shape index (κ3) is 4.50. The largest absolute Gasteiger partial charge is 0.497 e. The highest BCUT2D eigenvalue weighted by Gasteiger charge is 2.15. The topological polar surface area (TPSA) is 70.5 Å². The number of benzene rings is 2. The number of carbonyl (C=O) groups is 1. The number of rotatable bonds is 7. The molecule has 0 unspecified atom stereocenters. The summed E-state index contributed by atoms with van der Waals surface area (Å²) in [5.74, 6) is 1.07. The van der Waals surface area contributed by atoms with Crippen molar-refractivity contribution in [3.63, 3.8) is 0 Å². The third-order valence-electron chi connectivity index (χ3n) is 4.27. The van der Waals surface area contributed by atoms with Gasteiger partial charge in [-0.1, -0.05) is 12.1 Å². The van der Waals surface area contributed by atoms with Crippen LogP contribution in [-0.2, 0) is 11.3 Å². The molecule has 0 N–H and O–H groups in total. The van der Waals surface area contributed by atoms with E-state index in [9.17, 15) is 4.79 Å². The van der Waals surface area contributed by atoms with Crippen LogP contribution >= 0.6 is 22.7 Å². The number of carbonyl (C=O) groups excluding carboxylic acids is 1. The molecule has 0 radical (unpaired) electrons. The SMILES string of the molecule is COc1ccc(-c2nc(C(=O)OCc3csc(-c4cccc(OC)c4)n3)cs2)cc1. The molecule has 2 aromatic carbocycles. The number of hydrogen-bond donors (Lipinski definition) is 0. The van der Waals surface area contributed by atoms with E-state index in [1.54, 1.807) is 19.6 Å². The molecule has 0 spiro atoms. The molecule has 4 aromatic rings. The summed E-state index contributed by atoms with van der Waals surface area (Å²) in [4.78, 5) is 21.3.